The molecule has 0 radical (unpaired) electrons. The van der Waals surface area contributed by atoms with E-state index in [0.29, 0.717) is 5.56 Å². The average molecular weight is 288 g/mol. The molecule has 1 saturated heterocycles. The molecule has 0 atom stereocenters. The van der Waals surface area contributed by atoms with Gasteiger partial charge in [-0.2, -0.15) is 0 Å². The largest absolute Gasteiger partial charge is 0.494 e. The molecule has 0 unspecified atom stereocenters. The molecule has 1 fully saturated rings. The lowest BCUT2D eigenvalue weighted by molar-refractivity contribution is 0.00578. The third kappa shape index (κ3) is 2.94. The van der Waals surface area contributed by atoms with E-state index in [-0.39, 0.29) is 24.8 Å². The van der Waals surface area contributed by atoms with Gasteiger partial charge in [0.05, 0.1) is 11.2 Å². The maximum absolute atomic E-state index is 13.4. The summed E-state index contributed by atoms with van der Waals surface area (Å²) in [6.45, 7) is 8.11. The van der Waals surface area contributed by atoms with Crippen molar-refractivity contribution in [1.82, 2.24) is 0 Å². The lowest BCUT2D eigenvalue weighted by Gasteiger charge is -2.32. The number of hydrogen-bond acceptors (Lipinski definition) is 3. The Morgan fingerprint density at radius 3 is 2.16 bits per heavy atom. The van der Waals surface area contributed by atoms with Crippen LogP contribution >= 0.6 is 12.4 Å². The van der Waals surface area contributed by atoms with Gasteiger partial charge in [0.2, 0.25) is 0 Å². The van der Waals surface area contributed by atoms with Crippen LogP contribution in [-0.2, 0) is 15.9 Å². The highest BCUT2D eigenvalue weighted by molar-refractivity contribution is 6.62. The van der Waals surface area contributed by atoms with Crippen molar-refractivity contribution in [1.29, 1.82) is 0 Å². The molecule has 3 nitrogen and oxygen atoms in total. The highest BCUT2D eigenvalue weighted by Gasteiger charge is 2.51. The summed E-state index contributed by atoms with van der Waals surface area (Å²) in [5, 5.41) is 0. The van der Waals surface area contributed by atoms with Gasteiger partial charge in [-0.05, 0) is 39.2 Å². The Balaban J connectivity index is 0.00000180. The maximum atomic E-state index is 13.4. The Morgan fingerprint density at radius 2 is 1.68 bits per heavy atom. The summed E-state index contributed by atoms with van der Waals surface area (Å²) in [5.41, 5.74) is 5.99. The number of rotatable bonds is 2. The predicted molar refractivity (Wildman–Crippen MR) is 77.3 cm³/mol. The van der Waals surface area contributed by atoms with Crippen LogP contribution in [0.25, 0.3) is 0 Å². The average Bonchev–Trinajstić information content (AvgIpc) is 2.49. The smallest absolute Gasteiger partial charge is 0.399 e. The Hall–Kier alpha value is -0.615. The molecule has 0 spiro atoms. The Bertz CT molecular complexity index is 452. The van der Waals surface area contributed by atoms with Gasteiger partial charge in [0, 0.05) is 12.1 Å². The van der Waals surface area contributed by atoms with Crippen LogP contribution in [-0.4, -0.2) is 18.3 Å². The van der Waals surface area contributed by atoms with Crippen LogP contribution in [0.3, 0.4) is 0 Å². The van der Waals surface area contributed by atoms with Gasteiger partial charge in [-0.1, -0.05) is 12.1 Å². The topological polar surface area (TPSA) is 44.5 Å². The normalized spacial score (nSPS) is 20.2. The summed E-state index contributed by atoms with van der Waals surface area (Å²) in [5.74, 6) is -0.294. The van der Waals surface area contributed by atoms with Gasteiger partial charge in [-0.3, -0.25) is 0 Å². The molecule has 1 aromatic carbocycles. The Morgan fingerprint density at radius 1 is 1.16 bits per heavy atom. The zero-order valence-electron chi connectivity index (χ0n) is 11.7. The monoisotopic (exact) mass is 287 g/mol. The molecule has 1 aliphatic heterocycles. The maximum Gasteiger partial charge on any atom is 0.494 e. The Labute approximate surface area is 120 Å². The minimum absolute atomic E-state index is 0. The highest BCUT2D eigenvalue weighted by atomic mass is 35.5. The van der Waals surface area contributed by atoms with E-state index in [9.17, 15) is 4.39 Å². The van der Waals surface area contributed by atoms with Gasteiger partial charge in [0.1, 0.15) is 5.82 Å². The third-order valence-corrected chi connectivity index (χ3v) is 3.82. The molecule has 19 heavy (non-hydrogen) atoms. The van der Waals surface area contributed by atoms with Crippen LogP contribution in [0, 0.1) is 5.82 Å². The van der Waals surface area contributed by atoms with E-state index in [1.807, 2.05) is 27.7 Å². The lowest BCUT2D eigenvalue weighted by Crippen LogP contribution is -2.41. The minimum atomic E-state index is -0.471. The summed E-state index contributed by atoms with van der Waals surface area (Å²) >= 11 is 0. The van der Waals surface area contributed by atoms with Crippen LogP contribution in [0.5, 0.6) is 0 Å². The molecule has 0 aliphatic carbocycles. The van der Waals surface area contributed by atoms with Gasteiger partial charge in [-0.15, -0.1) is 12.4 Å². The summed E-state index contributed by atoms with van der Waals surface area (Å²) < 4.78 is 25.2. The van der Waals surface area contributed by atoms with Crippen LogP contribution in [0.15, 0.2) is 18.2 Å². The van der Waals surface area contributed by atoms with E-state index in [2.05, 4.69) is 0 Å². The number of hydrogen-bond donors (Lipinski definition) is 1. The minimum Gasteiger partial charge on any atom is -0.399 e. The molecule has 106 valence electrons. The van der Waals surface area contributed by atoms with Crippen molar-refractivity contribution in [3.05, 3.63) is 29.6 Å². The molecule has 2 rings (SSSR count). The number of benzene rings is 1. The zero-order chi connectivity index (χ0) is 13.6. The van der Waals surface area contributed by atoms with Crippen molar-refractivity contribution in [3.8, 4) is 0 Å². The predicted octanol–water partition coefficient (Wildman–Crippen LogP) is 2.01. The van der Waals surface area contributed by atoms with Crippen molar-refractivity contribution in [2.45, 2.75) is 45.4 Å². The Kier molecular flexibility index (Phi) is 4.68. The summed E-state index contributed by atoms with van der Waals surface area (Å²) in [6, 6.07) is 4.79. The second kappa shape index (κ2) is 5.41. The fourth-order valence-electron chi connectivity index (χ4n) is 1.88. The van der Waals surface area contributed by atoms with Gasteiger partial charge in [0.25, 0.3) is 0 Å². The molecule has 1 aliphatic rings. The zero-order valence-corrected chi connectivity index (χ0v) is 12.5. The van der Waals surface area contributed by atoms with Crippen molar-refractivity contribution in [2.75, 3.05) is 0 Å². The quantitative estimate of drug-likeness (QED) is 0.846. The molecular formula is C13H20BClFNO2. The lowest BCUT2D eigenvalue weighted by atomic mass is 9.78. The number of nitrogens with two attached hydrogens (primary N) is 1. The van der Waals surface area contributed by atoms with Crippen LogP contribution in [0.1, 0.15) is 33.3 Å². The van der Waals surface area contributed by atoms with Crippen molar-refractivity contribution >= 4 is 25.0 Å². The van der Waals surface area contributed by atoms with Crippen LogP contribution in [0.4, 0.5) is 4.39 Å². The molecule has 6 heteroatoms. The highest BCUT2D eigenvalue weighted by Crippen LogP contribution is 2.36. The molecule has 0 saturated carbocycles. The summed E-state index contributed by atoms with van der Waals surface area (Å²) in [7, 11) is -0.471. The molecule has 1 aromatic rings. The van der Waals surface area contributed by atoms with Crippen molar-refractivity contribution in [2.24, 2.45) is 5.73 Å². The van der Waals surface area contributed by atoms with E-state index in [1.54, 1.807) is 12.1 Å². The third-order valence-electron chi connectivity index (χ3n) is 3.82. The SMILES string of the molecule is CC1(C)OB(c2ccc(F)c(CN)c2)OC1(C)C.Cl. The van der Waals surface area contributed by atoms with E-state index in [4.69, 9.17) is 15.0 Å². The standard InChI is InChI=1S/C13H19BFNO2.ClH/c1-12(2)13(3,4)18-14(17-12)10-5-6-11(15)9(7-10)8-16;/h5-7H,8,16H2,1-4H3;1H. The molecular weight excluding hydrogens is 267 g/mol. The fourth-order valence-corrected chi connectivity index (χ4v) is 1.88. The molecule has 1 heterocycles. The van der Waals surface area contributed by atoms with Gasteiger partial charge in [-0.25, -0.2) is 4.39 Å². The van der Waals surface area contributed by atoms with E-state index < -0.39 is 18.3 Å². The first-order chi connectivity index (χ1) is 8.27. The second-order valence-electron chi connectivity index (χ2n) is 5.64. The second-order valence-corrected chi connectivity index (χ2v) is 5.64. The van der Waals surface area contributed by atoms with E-state index in [1.165, 1.54) is 6.07 Å². The van der Waals surface area contributed by atoms with Gasteiger partial charge < -0.3 is 15.0 Å². The fraction of sp³-hybridized carbons (Fsp3) is 0.538. The van der Waals surface area contributed by atoms with E-state index in [0.717, 1.165) is 5.46 Å². The molecule has 0 bridgehead atoms. The molecule has 0 amide bonds. The van der Waals surface area contributed by atoms with Crippen LogP contribution in [0.2, 0.25) is 0 Å². The summed E-state index contributed by atoms with van der Waals surface area (Å²) in [6.07, 6.45) is 0. The summed E-state index contributed by atoms with van der Waals surface area (Å²) in [4.78, 5) is 0. The van der Waals surface area contributed by atoms with E-state index >= 15 is 0 Å². The molecule has 0 aromatic heterocycles. The first kappa shape index (κ1) is 16.4. The van der Waals surface area contributed by atoms with Crippen molar-refractivity contribution < 1.29 is 13.7 Å². The number of halogens is 2. The van der Waals surface area contributed by atoms with Gasteiger partial charge in [0.15, 0.2) is 0 Å². The first-order valence-electron chi connectivity index (χ1n) is 6.11. The molecule has 2 N–H and O–H groups in total. The first-order valence-corrected chi connectivity index (χ1v) is 6.11. The van der Waals surface area contributed by atoms with Gasteiger partial charge >= 0.3 is 7.12 Å². The van der Waals surface area contributed by atoms with Crippen LogP contribution < -0.4 is 11.2 Å². The van der Waals surface area contributed by atoms with Crippen molar-refractivity contribution in [3.63, 3.8) is 0 Å².